The number of carbonyl (C=O) groups is 2. The van der Waals surface area contributed by atoms with Crippen LogP contribution in [-0.2, 0) is 14.3 Å². The van der Waals surface area contributed by atoms with Gasteiger partial charge in [-0.05, 0) is 103 Å². The van der Waals surface area contributed by atoms with Gasteiger partial charge in [0.2, 0.25) is 0 Å². The molecule has 0 saturated heterocycles. The predicted octanol–water partition coefficient (Wildman–Crippen LogP) is 7.92. The smallest absolute Gasteiger partial charge is 0.302 e. The predicted molar refractivity (Wildman–Crippen MR) is 141 cm³/mol. The zero-order valence-corrected chi connectivity index (χ0v) is 24.0. The van der Waals surface area contributed by atoms with E-state index in [1.807, 2.05) is 0 Å². The molecule has 3 heteroatoms. The molecule has 0 heterocycles. The van der Waals surface area contributed by atoms with Crippen LogP contribution in [0, 0.1) is 50.2 Å². The third-order valence-electron chi connectivity index (χ3n) is 13.0. The van der Waals surface area contributed by atoms with Crippen molar-refractivity contribution in [2.45, 2.75) is 126 Å². The summed E-state index contributed by atoms with van der Waals surface area (Å²) in [6.07, 6.45) is 12.5. The molecule has 0 amide bonds. The molecule has 5 rings (SSSR count). The highest BCUT2D eigenvalue weighted by Gasteiger charge is 2.70. The first-order valence-corrected chi connectivity index (χ1v) is 14.4. The summed E-state index contributed by atoms with van der Waals surface area (Å²) in [5, 5.41) is 0. The number of hydrogen-bond acceptors (Lipinski definition) is 3. The first-order chi connectivity index (χ1) is 16.0. The van der Waals surface area contributed by atoms with E-state index >= 15 is 0 Å². The SMILES string of the molecule is CC(=O)O[C@H]1CC[C@@]2(C)[C@H](CC[C@]3(C)[C@@H]2C(=O)C=C2[C@@H]4CC(C)(C)CC[C@]4(C)CC[C@]23C)C1(C)C. The standard InChI is InChI=1S/C32H50O3/c1-20(33)35-25-11-12-30(7)24(28(25,4)5)10-13-32(9)26(30)23(34)18-21-22-19-27(2,3)14-15-29(22,6)16-17-31(21,32)8/h18,22,24-26H,10-17,19H2,1-9H3/t22-,24+,25-,26+,29+,30-,31+,32+/m0/s1. The van der Waals surface area contributed by atoms with Gasteiger partial charge in [-0.2, -0.15) is 0 Å². The van der Waals surface area contributed by atoms with Crippen LogP contribution in [0.2, 0.25) is 0 Å². The summed E-state index contributed by atoms with van der Waals surface area (Å²) in [5.41, 5.74) is 2.12. The molecule has 5 aliphatic carbocycles. The van der Waals surface area contributed by atoms with E-state index in [4.69, 9.17) is 4.74 Å². The second kappa shape index (κ2) is 7.47. The van der Waals surface area contributed by atoms with Crippen molar-refractivity contribution in [3.63, 3.8) is 0 Å². The molecule has 3 nitrogen and oxygen atoms in total. The van der Waals surface area contributed by atoms with E-state index in [0.29, 0.717) is 28.4 Å². The largest absolute Gasteiger partial charge is 0.462 e. The highest BCUT2D eigenvalue weighted by Crippen LogP contribution is 2.75. The van der Waals surface area contributed by atoms with Crippen molar-refractivity contribution >= 4 is 11.8 Å². The van der Waals surface area contributed by atoms with Crippen LogP contribution < -0.4 is 0 Å². The summed E-state index contributed by atoms with van der Waals surface area (Å²) in [7, 11) is 0. The summed E-state index contributed by atoms with van der Waals surface area (Å²) in [5.74, 6) is 1.20. The Morgan fingerprint density at radius 2 is 1.54 bits per heavy atom. The lowest BCUT2D eigenvalue weighted by Gasteiger charge is -2.70. The van der Waals surface area contributed by atoms with Gasteiger partial charge in [-0.3, -0.25) is 9.59 Å². The van der Waals surface area contributed by atoms with Crippen molar-refractivity contribution in [1.29, 1.82) is 0 Å². The van der Waals surface area contributed by atoms with E-state index in [-0.39, 0.29) is 39.7 Å². The molecule has 0 aromatic heterocycles. The lowest BCUT2D eigenvalue weighted by molar-refractivity contribution is -0.210. The van der Waals surface area contributed by atoms with E-state index in [2.05, 4.69) is 61.5 Å². The number of esters is 1. The maximum Gasteiger partial charge on any atom is 0.302 e. The fraction of sp³-hybridized carbons (Fsp3) is 0.875. The maximum absolute atomic E-state index is 14.3. The van der Waals surface area contributed by atoms with Crippen molar-refractivity contribution in [1.82, 2.24) is 0 Å². The second-order valence-corrected chi connectivity index (χ2v) is 15.8. The van der Waals surface area contributed by atoms with Crippen LogP contribution in [0.3, 0.4) is 0 Å². The van der Waals surface area contributed by atoms with Gasteiger partial charge in [0.15, 0.2) is 5.78 Å². The van der Waals surface area contributed by atoms with Gasteiger partial charge in [0.25, 0.3) is 0 Å². The van der Waals surface area contributed by atoms with Crippen molar-refractivity contribution in [2.75, 3.05) is 0 Å². The van der Waals surface area contributed by atoms with E-state index in [0.717, 1.165) is 25.7 Å². The van der Waals surface area contributed by atoms with Gasteiger partial charge in [-0.1, -0.05) is 61.0 Å². The fourth-order valence-corrected chi connectivity index (χ4v) is 10.7. The zero-order chi connectivity index (χ0) is 25.8. The number of ketones is 1. The molecule has 4 fully saturated rings. The molecular weight excluding hydrogens is 432 g/mol. The van der Waals surface area contributed by atoms with Crippen LogP contribution in [0.15, 0.2) is 11.6 Å². The van der Waals surface area contributed by atoms with Crippen LogP contribution in [0.25, 0.3) is 0 Å². The lowest BCUT2D eigenvalue weighted by Crippen LogP contribution is -2.66. The summed E-state index contributed by atoms with van der Waals surface area (Å²) >= 11 is 0. The van der Waals surface area contributed by atoms with Gasteiger partial charge in [-0.25, -0.2) is 0 Å². The van der Waals surface area contributed by atoms with Gasteiger partial charge in [-0.15, -0.1) is 0 Å². The maximum atomic E-state index is 14.3. The number of hydrogen-bond donors (Lipinski definition) is 0. The molecule has 0 bridgehead atoms. The topological polar surface area (TPSA) is 43.4 Å². The molecule has 5 aliphatic rings. The lowest BCUT2D eigenvalue weighted by atomic mass is 9.33. The highest BCUT2D eigenvalue weighted by atomic mass is 16.5. The first kappa shape index (κ1) is 25.5. The van der Waals surface area contributed by atoms with Crippen LogP contribution >= 0.6 is 0 Å². The van der Waals surface area contributed by atoms with Crippen LogP contribution in [0.5, 0.6) is 0 Å². The molecule has 4 saturated carbocycles. The number of carbonyl (C=O) groups excluding carboxylic acids is 2. The zero-order valence-electron chi connectivity index (χ0n) is 24.0. The Labute approximate surface area is 214 Å². The molecule has 0 aromatic carbocycles. The molecule has 8 atom stereocenters. The van der Waals surface area contributed by atoms with Crippen molar-refractivity contribution < 1.29 is 14.3 Å². The van der Waals surface area contributed by atoms with Crippen molar-refractivity contribution in [3.8, 4) is 0 Å². The minimum absolute atomic E-state index is 0.00726. The van der Waals surface area contributed by atoms with E-state index in [1.165, 1.54) is 44.6 Å². The van der Waals surface area contributed by atoms with E-state index in [9.17, 15) is 9.59 Å². The quantitative estimate of drug-likeness (QED) is 0.357. The van der Waals surface area contributed by atoms with E-state index in [1.54, 1.807) is 0 Å². The van der Waals surface area contributed by atoms with Gasteiger partial charge in [0.1, 0.15) is 6.10 Å². The Kier molecular flexibility index (Phi) is 5.45. The van der Waals surface area contributed by atoms with Gasteiger partial charge in [0.05, 0.1) is 0 Å². The first-order valence-electron chi connectivity index (χ1n) is 14.4. The molecule has 0 spiro atoms. The molecule has 0 unspecified atom stereocenters. The van der Waals surface area contributed by atoms with Crippen molar-refractivity contribution in [2.24, 2.45) is 50.2 Å². The summed E-state index contributed by atoms with van der Waals surface area (Å²) in [4.78, 5) is 26.2. The van der Waals surface area contributed by atoms with E-state index < -0.39 is 0 Å². The molecule has 0 N–H and O–H groups in total. The minimum Gasteiger partial charge on any atom is -0.462 e. The molecule has 0 aliphatic heterocycles. The van der Waals surface area contributed by atoms with Gasteiger partial charge < -0.3 is 4.74 Å². The molecule has 35 heavy (non-hydrogen) atoms. The van der Waals surface area contributed by atoms with Gasteiger partial charge >= 0.3 is 5.97 Å². The number of ether oxygens (including phenoxy) is 1. The second-order valence-electron chi connectivity index (χ2n) is 15.8. The molecule has 196 valence electrons. The molecule has 0 radical (unpaired) electrons. The average molecular weight is 483 g/mol. The normalized spacial score (nSPS) is 50.1. The van der Waals surface area contributed by atoms with Crippen molar-refractivity contribution in [3.05, 3.63) is 11.6 Å². The number of allylic oxidation sites excluding steroid dienone is 2. The fourth-order valence-electron chi connectivity index (χ4n) is 10.7. The molecular formula is C32H50O3. The minimum atomic E-state index is -0.179. The van der Waals surface area contributed by atoms with Crippen LogP contribution in [-0.4, -0.2) is 17.9 Å². The monoisotopic (exact) mass is 482 g/mol. The summed E-state index contributed by atoms with van der Waals surface area (Å²) < 4.78 is 5.85. The summed E-state index contributed by atoms with van der Waals surface area (Å²) in [6, 6.07) is 0. The Balaban J connectivity index is 1.58. The molecule has 0 aromatic rings. The Morgan fingerprint density at radius 1 is 0.886 bits per heavy atom. The Bertz CT molecular complexity index is 973. The number of fused-ring (bicyclic) bond motifs is 7. The van der Waals surface area contributed by atoms with Crippen LogP contribution in [0.4, 0.5) is 0 Å². The third-order valence-corrected chi connectivity index (χ3v) is 13.0. The average Bonchev–Trinajstić information content (AvgIpc) is 2.72. The highest BCUT2D eigenvalue weighted by molar-refractivity contribution is 5.95. The van der Waals surface area contributed by atoms with Gasteiger partial charge in [0, 0.05) is 18.3 Å². The number of rotatable bonds is 1. The third kappa shape index (κ3) is 3.34. The Hall–Kier alpha value is -1.12. The Morgan fingerprint density at radius 3 is 2.20 bits per heavy atom. The van der Waals surface area contributed by atoms with Crippen LogP contribution in [0.1, 0.15) is 120 Å². The summed E-state index contributed by atoms with van der Waals surface area (Å²) in [6.45, 7) is 20.9.